The maximum atomic E-state index is 13.5. The lowest BCUT2D eigenvalue weighted by Gasteiger charge is -2.10. The Morgan fingerprint density at radius 3 is 2.35 bits per heavy atom. The summed E-state index contributed by atoms with van der Waals surface area (Å²) in [7, 11) is -4.67. The van der Waals surface area contributed by atoms with Crippen LogP contribution in [0.2, 0.25) is 0 Å². The molecule has 0 saturated carbocycles. The fraction of sp³-hybridized carbons (Fsp3) is 0.0667. The van der Waals surface area contributed by atoms with E-state index in [-0.39, 0.29) is 5.75 Å². The van der Waals surface area contributed by atoms with Gasteiger partial charge in [-0.15, -0.1) is 4.83 Å². The van der Waals surface area contributed by atoms with E-state index in [1.54, 1.807) is 5.43 Å². The molecule has 2 aromatic carbocycles. The van der Waals surface area contributed by atoms with Gasteiger partial charge in [-0.05, 0) is 36.4 Å². The Hall–Kier alpha value is -3.10. The van der Waals surface area contributed by atoms with Crippen LogP contribution in [0.3, 0.4) is 0 Å². The van der Waals surface area contributed by atoms with E-state index in [2.05, 4.69) is 0 Å². The topological polar surface area (TPSA) is 108 Å². The van der Waals surface area contributed by atoms with Crippen molar-refractivity contribution in [2.45, 2.75) is 4.90 Å². The number of carbonyl (C=O) groups is 1. The van der Waals surface area contributed by atoms with Crippen LogP contribution in [0.5, 0.6) is 5.75 Å². The molecule has 0 aliphatic rings. The molecular weight excluding hydrogens is 375 g/mol. The fourth-order valence-electron chi connectivity index (χ4n) is 1.71. The van der Waals surface area contributed by atoms with Crippen molar-refractivity contribution in [2.75, 3.05) is 6.61 Å². The van der Waals surface area contributed by atoms with Gasteiger partial charge >= 0.3 is 0 Å². The third-order valence-electron chi connectivity index (χ3n) is 2.97. The van der Waals surface area contributed by atoms with Crippen LogP contribution in [0.4, 0.5) is 13.2 Å². The minimum absolute atomic E-state index is 0.244. The van der Waals surface area contributed by atoms with Crippen molar-refractivity contribution in [3.05, 3.63) is 59.4 Å². The van der Waals surface area contributed by atoms with Crippen molar-refractivity contribution in [3.63, 3.8) is 0 Å². The number of sulfonamides is 1. The summed E-state index contributed by atoms with van der Waals surface area (Å²) in [6, 6.07) is 8.57. The molecule has 2 N–H and O–H groups in total. The molecule has 136 valence electrons. The highest BCUT2D eigenvalue weighted by molar-refractivity contribution is 7.89. The third kappa shape index (κ3) is 4.50. The summed E-state index contributed by atoms with van der Waals surface area (Å²) >= 11 is 0. The number of hydrazine groups is 1. The molecule has 0 radical (unpaired) electrons. The van der Waals surface area contributed by atoms with Crippen LogP contribution >= 0.6 is 0 Å². The standard InChI is InChI=1S/C15H10F3N3O4S/c16-11-5-6-12(15(18)14(11)17)26(23,24)21-20-13(22)8-25-10-3-1-9(7-19)2-4-10/h1-6,21H,8H2,(H,20,22). The number of rotatable bonds is 6. The number of carbonyl (C=O) groups excluding carboxylic acids is 1. The zero-order valence-electron chi connectivity index (χ0n) is 12.8. The summed E-state index contributed by atoms with van der Waals surface area (Å²) in [5.41, 5.74) is 2.12. The number of hydrogen-bond acceptors (Lipinski definition) is 5. The zero-order chi connectivity index (χ0) is 19.3. The van der Waals surface area contributed by atoms with Gasteiger partial charge in [-0.25, -0.2) is 21.6 Å². The lowest BCUT2D eigenvalue weighted by molar-refractivity contribution is -0.123. The summed E-state index contributed by atoms with van der Waals surface area (Å²) in [5.74, 6) is -6.13. The van der Waals surface area contributed by atoms with Gasteiger partial charge in [0, 0.05) is 0 Å². The molecule has 2 aromatic rings. The monoisotopic (exact) mass is 385 g/mol. The Balaban J connectivity index is 1.95. The Bertz CT molecular complexity index is 973. The van der Waals surface area contributed by atoms with Crippen LogP contribution in [0.1, 0.15) is 5.56 Å². The summed E-state index contributed by atoms with van der Waals surface area (Å²) in [5, 5.41) is 8.65. The first-order valence-corrected chi connectivity index (χ1v) is 8.30. The Labute approximate surface area is 146 Å². The van der Waals surface area contributed by atoms with Gasteiger partial charge in [0.05, 0.1) is 11.6 Å². The molecule has 0 heterocycles. The second kappa shape index (κ2) is 7.85. The van der Waals surface area contributed by atoms with Gasteiger partial charge in [0.15, 0.2) is 24.1 Å². The normalized spacial score (nSPS) is 10.8. The SMILES string of the molecule is N#Cc1ccc(OCC(=O)NNS(=O)(=O)c2ccc(F)c(F)c2F)cc1. The smallest absolute Gasteiger partial charge is 0.272 e. The van der Waals surface area contributed by atoms with Gasteiger partial charge < -0.3 is 4.74 Å². The quantitative estimate of drug-likeness (QED) is 0.577. The minimum atomic E-state index is -4.67. The van der Waals surface area contributed by atoms with Crippen molar-refractivity contribution < 1.29 is 31.1 Å². The number of amides is 1. The molecular formula is C15H10F3N3O4S. The maximum Gasteiger partial charge on any atom is 0.272 e. The highest BCUT2D eigenvalue weighted by Gasteiger charge is 2.24. The summed E-state index contributed by atoms with van der Waals surface area (Å²) in [6.07, 6.45) is 0. The van der Waals surface area contributed by atoms with Gasteiger partial charge in [0.1, 0.15) is 10.6 Å². The predicted molar refractivity (Wildman–Crippen MR) is 81.4 cm³/mol. The molecule has 0 aliphatic heterocycles. The highest BCUT2D eigenvalue weighted by Crippen LogP contribution is 2.19. The zero-order valence-corrected chi connectivity index (χ0v) is 13.6. The van der Waals surface area contributed by atoms with Crippen molar-refractivity contribution in [2.24, 2.45) is 0 Å². The number of nitrogens with zero attached hydrogens (tertiary/aromatic N) is 1. The number of nitriles is 1. The Morgan fingerprint density at radius 2 is 1.73 bits per heavy atom. The molecule has 0 unspecified atom stereocenters. The molecule has 2 rings (SSSR count). The maximum absolute atomic E-state index is 13.5. The summed E-state index contributed by atoms with van der Waals surface area (Å²) < 4.78 is 68.2. The van der Waals surface area contributed by atoms with Gasteiger partial charge in [0.2, 0.25) is 0 Å². The number of ether oxygens (including phenoxy) is 1. The van der Waals surface area contributed by atoms with Crippen LogP contribution in [0.25, 0.3) is 0 Å². The molecule has 0 atom stereocenters. The van der Waals surface area contributed by atoms with Crippen molar-refractivity contribution in [3.8, 4) is 11.8 Å². The van der Waals surface area contributed by atoms with Crippen LogP contribution in [0.15, 0.2) is 41.3 Å². The molecule has 0 saturated heterocycles. The molecule has 0 aliphatic carbocycles. The van der Waals surface area contributed by atoms with E-state index in [0.29, 0.717) is 17.7 Å². The second-order valence-corrected chi connectivity index (χ2v) is 6.40. The first-order chi connectivity index (χ1) is 12.2. The van der Waals surface area contributed by atoms with E-state index in [1.807, 2.05) is 6.07 Å². The van der Waals surface area contributed by atoms with Gasteiger partial charge in [0.25, 0.3) is 15.9 Å². The third-order valence-corrected chi connectivity index (χ3v) is 4.23. The van der Waals surface area contributed by atoms with Crippen molar-refractivity contribution >= 4 is 15.9 Å². The van der Waals surface area contributed by atoms with Crippen molar-refractivity contribution in [1.82, 2.24) is 10.3 Å². The lowest BCUT2D eigenvalue weighted by atomic mass is 10.2. The molecule has 0 bridgehead atoms. The molecule has 0 fully saturated rings. The largest absolute Gasteiger partial charge is 0.484 e. The van der Waals surface area contributed by atoms with E-state index in [4.69, 9.17) is 10.00 Å². The van der Waals surface area contributed by atoms with Crippen LogP contribution < -0.4 is 15.0 Å². The Kier molecular flexibility index (Phi) is 5.81. The number of benzene rings is 2. The summed E-state index contributed by atoms with van der Waals surface area (Å²) in [6.45, 7) is -0.602. The van der Waals surface area contributed by atoms with E-state index in [1.165, 1.54) is 29.1 Å². The van der Waals surface area contributed by atoms with E-state index >= 15 is 0 Å². The molecule has 1 amide bonds. The summed E-state index contributed by atoms with van der Waals surface area (Å²) in [4.78, 5) is 11.9. The lowest BCUT2D eigenvalue weighted by Crippen LogP contribution is -2.44. The molecule has 11 heteroatoms. The van der Waals surface area contributed by atoms with Crippen molar-refractivity contribution in [1.29, 1.82) is 5.26 Å². The fourth-order valence-corrected chi connectivity index (χ4v) is 2.64. The average Bonchev–Trinajstić information content (AvgIpc) is 2.63. The number of hydrogen-bond donors (Lipinski definition) is 2. The first kappa shape index (κ1) is 19.2. The first-order valence-electron chi connectivity index (χ1n) is 6.81. The molecule has 0 aromatic heterocycles. The van der Waals surface area contributed by atoms with E-state index in [0.717, 1.165) is 0 Å². The van der Waals surface area contributed by atoms with Crippen LogP contribution in [0, 0.1) is 28.8 Å². The minimum Gasteiger partial charge on any atom is -0.484 e. The van der Waals surface area contributed by atoms with E-state index < -0.39 is 44.9 Å². The van der Waals surface area contributed by atoms with Crippen LogP contribution in [-0.2, 0) is 14.8 Å². The Morgan fingerprint density at radius 1 is 1.08 bits per heavy atom. The van der Waals surface area contributed by atoms with Gasteiger partial charge in [-0.2, -0.15) is 5.26 Å². The van der Waals surface area contributed by atoms with Gasteiger partial charge in [-0.3, -0.25) is 10.2 Å². The highest BCUT2D eigenvalue weighted by atomic mass is 32.2. The molecule has 7 nitrogen and oxygen atoms in total. The van der Waals surface area contributed by atoms with E-state index in [9.17, 15) is 26.4 Å². The number of halogens is 3. The number of nitrogens with one attached hydrogen (secondary N) is 2. The van der Waals surface area contributed by atoms with Gasteiger partial charge in [-0.1, -0.05) is 0 Å². The van der Waals surface area contributed by atoms with Crippen LogP contribution in [-0.4, -0.2) is 20.9 Å². The molecule has 26 heavy (non-hydrogen) atoms. The molecule has 0 spiro atoms. The predicted octanol–water partition coefficient (Wildman–Crippen LogP) is 1.36. The average molecular weight is 385 g/mol. The second-order valence-electron chi connectivity index (χ2n) is 4.75.